The Morgan fingerprint density at radius 2 is 2.10 bits per heavy atom. The fourth-order valence-corrected chi connectivity index (χ4v) is 3.14. The zero-order valence-corrected chi connectivity index (χ0v) is 12.1. The van der Waals surface area contributed by atoms with Gasteiger partial charge < -0.3 is 10.6 Å². The second kappa shape index (κ2) is 5.94. The van der Waals surface area contributed by atoms with Gasteiger partial charge in [-0.1, -0.05) is 41.7 Å². The summed E-state index contributed by atoms with van der Waals surface area (Å²) in [7, 11) is 0. The van der Waals surface area contributed by atoms with Crippen LogP contribution in [0.3, 0.4) is 0 Å². The number of anilines is 1. The van der Waals surface area contributed by atoms with E-state index in [4.69, 9.17) is 5.26 Å². The zero-order valence-electron chi connectivity index (χ0n) is 11.2. The fraction of sp³-hybridized carbons (Fsp3) is 0.267. The maximum atomic E-state index is 12.0. The maximum Gasteiger partial charge on any atom is 0.229 e. The number of nitrogens with one attached hydrogen (secondary N) is 2. The largest absolute Gasteiger partial charge is 0.321 e. The van der Waals surface area contributed by atoms with Crippen LogP contribution in [0.2, 0.25) is 0 Å². The molecular formula is C15H14N4OS. The highest BCUT2D eigenvalue weighted by Gasteiger charge is 2.34. The molecule has 0 unspecified atom stereocenters. The van der Waals surface area contributed by atoms with E-state index in [-0.39, 0.29) is 17.9 Å². The molecule has 5 nitrogen and oxygen atoms in total. The van der Waals surface area contributed by atoms with Crippen LogP contribution in [0.15, 0.2) is 36.5 Å². The van der Waals surface area contributed by atoms with Gasteiger partial charge in [-0.15, -0.1) is 0 Å². The van der Waals surface area contributed by atoms with Crippen molar-refractivity contribution in [3.05, 3.63) is 36.5 Å². The third kappa shape index (κ3) is 3.03. The van der Waals surface area contributed by atoms with Crippen molar-refractivity contribution >= 4 is 22.4 Å². The number of rotatable bonds is 4. The number of thiazole rings is 1. The molecule has 2 N–H and O–H groups in total. The Hall–Kier alpha value is -2.39. The number of amides is 1. The third-order valence-electron chi connectivity index (χ3n) is 3.57. The first kappa shape index (κ1) is 13.6. The molecule has 1 aromatic heterocycles. The molecule has 3 rings (SSSR count). The van der Waals surface area contributed by atoms with Crippen LogP contribution >= 0.6 is 11.3 Å². The Balaban J connectivity index is 1.58. The first-order valence-corrected chi connectivity index (χ1v) is 7.54. The predicted octanol–water partition coefficient (Wildman–Crippen LogP) is 2.60. The minimum Gasteiger partial charge on any atom is -0.321 e. The fourth-order valence-electron chi connectivity index (χ4n) is 2.32. The Kier molecular flexibility index (Phi) is 3.84. The Morgan fingerprint density at radius 1 is 1.33 bits per heavy atom. The van der Waals surface area contributed by atoms with Gasteiger partial charge in [-0.25, -0.2) is 4.98 Å². The lowest BCUT2D eigenvalue weighted by atomic mass is 9.80. The first-order valence-electron chi connectivity index (χ1n) is 6.73. The third-order valence-corrected chi connectivity index (χ3v) is 4.53. The smallest absolute Gasteiger partial charge is 0.229 e. The summed E-state index contributed by atoms with van der Waals surface area (Å²) in [6.45, 7) is 0. The van der Waals surface area contributed by atoms with E-state index >= 15 is 0 Å². The highest BCUT2D eigenvalue weighted by atomic mass is 32.1. The molecule has 1 saturated carbocycles. The molecule has 0 atom stereocenters. The van der Waals surface area contributed by atoms with Gasteiger partial charge in [0.25, 0.3) is 0 Å². The van der Waals surface area contributed by atoms with Crippen molar-refractivity contribution in [2.75, 3.05) is 5.32 Å². The van der Waals surface area contributed by atoms with Gasteiger partial charge in [-0.3, -0.25) is 4.79 Å². The summed E-state index contributed by atoms with van der Waals surface area (Å²) in [5, 5.41) is 14.6. The molecule has 1 aliphatic rings. The van der Waals surface area contributed by atoms with Gasteiger partial charge in [0.15, 0.2) is 11.3 Å². The van der Waals surface area contributed by atoms with Gasteiger partial charge in [-0.2, -0.15) is 5.26 Å². The van der Waals surface area contributed by atoms with Gasteiger partial charge in [0.05, 0.1) is 4.88 Å². The number of nitrogens with zero attached hydrogens (tertiary/aromatic N) is 2. The molecule has 0 spiro atoms. The lowest BCUT2D eigenvalue weighted by molar-refractivity contribution is -0.122. The highest BCUT2D eigenvalue weighted by molar-refractivity contribution is 7.19. The lowest BCUT2D eigenvalue weighted by Gasteiger charge is -2.32. The van der Waals surface area contributed by atoms with E-state index in [1.807, 2.05) is 36.5 Å². The number of hydrogen-bond donors (Lipinski definition) is 2. The summed E-state index contributed by atoms with van der Waals surface area (Å²) in [4.78, 5) is 17.3. The predicted molar refractivity (Wildman–Crippen MR) is 81.4 cm³/mol. The first-order chi connectivity index (χ1) is 10.3. The van der Waals surface area contributed by atoms with Crippen LogP contribution in [-0.4, -0.2) is 16.9 Å². The van der Waals surface area contributed by atoms with Crippen LogP contribution in [0.1, 0.15) is 12.8 Å². The molecular weight excluding hydrogens is 284 g/mol. The number of carbonyl (C=O) groups is 1. The van der Waals surface area contributed by atoms with Gasteiger partial charge >= 0.3 is 0 Å². The Morgan fingerprint density at radius 3 is 2.81 bits per heavy atom. The molecule has 0 aliphatic heterocycles. The van der Waals surface area contributed by atoms with Crippen molar-refractivity contribution in [3.63, 3.8) is 0 Å². The van der Waals surface area contributed by atoms with Crippen LogP contribution in [-0.2, 0) is 4.79 Å². The quantitative estimate of drug-likeness (QED) is 0.672. The normalized spacial score (nSPS) is 20.1. The molecule has 1 aliphatic carbocycles. The van der Waals surface area contributed by atoms with Crippen molar-refractivity contribution in [1.82, 2.24) is 10.3 Å². The van der Waals surface area contributed by atoms with Gasteiger partial charge in [0.1, 0.15) is 0 Å². The average molecular weight is 298 g/mol. The van der Waals surface area contributed by atoms with E-state index in [9.17, 15) is 4.79 Å². The monoisotopic (exact) mass is 298 g/mol. The van der Waals surface area contributed by atoms with Crippen LogP contribution in [0.5, 0.6) is 0 Å². The Labute approximate surface area is 126 Å². The highest BCUT2D eigenvalue weighted by Crippen LogP contribution is 2.31. The van der Waals surface area contributed by atoms with Crippen LogP contribution in [0.25, 0.3) is 10.4 Å². The summed E-state index contributed by atoms with van der Waals surface area (Å²) >= 11 is 1.47. The SMILES string of the molecule is N#CN[C@H]1C[C@H](C(=O)Nc2ncc(-c3ccccc3)s2)C1. The summed E-state index contributed by atoms with van der Waals surface area (Å²) in [5.74, 6) is -0.0418. The molecule has 0 bridgehead atoms. The van der Waals surface area contributed by atoms with Crippen molar-refractivity contribution < 1.29 is 4.79 Å². The minimum atomic E-state index is -0.0278. The van der Waals surface area contributed by atoms with Gasteiger partial charge in [0.2, 0.25) is 5.91 Å². The molecule has 2 aromatic rings. The topological polar surface area (TPSA) is 77.8 Å². The molecule has 1 amide bonds. The molecule has 1 heterocycles. The van der Waals surface area contributed by atoms with Crippen LogP contribution in [0, 0.1) is 17.4 Å². The lowest BCUT2D eigenvalue weighted by Crippen LogP contribution is -2.44. The standard InChI is InChI=1S/C15H14N4OS/c16-9-18-12-6-11(7-12)14(20)19-15-17-8-13(21-15)10-4-2-1-3-5-10/h1-5,8,11-12,18H,6-7H2,(H,17,19,20)/t11-,12-. The van der Waals surface area contributed by atoms with Gasteiger partial charge in [-0.05, 0) is 18.4 Å². The van der Waals surface area contributed by atoms with E-state index in [1.165, 1.54) is 11.3 Å². The van der Waals surface area contributed by atoms with E-state index in [1.54, 1.807) is 6.20 Å². The molecule has 6 heteroatoms. The molecule has 0 radical (unpaired) electrons. The van der Waals surface area contributed by atoms with Crippen molar-refractivity contribution in [1.29, 1.82) is 5.26 Å². The summed E-state index contributed by atoms with van der Waals surface area (Å²) in [6.07, 6.45) is 5.09. The number of aromatic nitrogens is 1. The van der Waals surface area contributed by atoms with Crippen molar-refractivity contribution in [2.24, 2.45) is 5.92 Å². The number of hydrogen-bond acceptors (Lipinski definition) is 5. The summed E-state index contributed by atoms with van der Waals surface area (Å²) in [5.41, 5.74) is 1.09. The molecule has 106 valence electrons. The van der Waals surface area contributed by atoms with E-state index in [0.717, 1.165) is 10.4 Å². The molecule has 0 saturated heterocycles. The van der Waals surface area contributed by atoms with E-state index < -0.39 is 0 Å². The number of nitriles is 1. The average Bonchev–Trinajstić information content (AvgIpc) is 2.91. The number of benzene rings is 1. The maximum absolute atomic E-state index is 12.0. The van der Waals surface area contributed by atoms with Crippen LogP contribution < -0.4 is 10.6 Å². The van der Waals surface area contributed by atoms with Crippen molar-refractivity contribution in [3.8, 4) is 16.6 Å². The van der Waals surface area contributed by atoms with E-state index in [0.29, 0.717) is 18.0 Å². The van der Waals surface area contributed by atoms with E-state index in [2.05, 4.69) is 15.6 Å². The summed E-state index contributed by atoms with van der Waals surface area (Å²) < 4.78 is 0. The van der Waals surface area contributed by atoms with Crippen molar-refractivity contribution in [2.45, 2.75) is 18.9 Å². The molecule has 1 fully saturated rings. The molecule has 1 aromatic carbocycles. The molecule has 21 heavy (non-hydrogen) atoms. The second-order valence-corrected chi connectivity index (χ2v) is 6.04. The van der Waals surface area contributed by atoms with Crippen LogP contribution in [0.4, 0.5) is 5.13 Å². The minimum absolute atomic E-state index is 0.0139. The Bertz CT molecular complexity index is 670. The number of carbonyl (C=O) groups excluding carboxylic acids is 1. The summed E-state index contributed by atoms with van der Waals surface area (Å²) in [6, 6.07) is 10.1. The zero-order chi connectivity index (χ0) is 14.7. The second-order valence-electron chi connectivity index (χ2n) is 5.01. The van der Waals surface area contributed by atoms with Gasteiger partial charge in [0, 0.05) is 18.2 Å².